The summed E-state index contributed by atoms with van der Waals surface area (Å²) in [6.07, 6.45) is 3.79. The first kappa shape index (κ1) is 17.9. The largest absolute Gasteiger partial charge is 0.386 e. The quantitative estimate of drug-likeness (QED) is 0.846. The first-order valence-electron chi connectivity index (χ1n) is 8.32. The van der Waals surface area contributed by atoms with Gasteiger partial charge in [-0.25, -0.2) is 4.39 Å². The molecule has 0 radical (unpaired) electrons. The predicted molar refractivity (Wildman–Crippen MR) is 86.3 cm³/mol. The molecule has 2 rings (SSSR count). The second-order valence-electron chi connectivity index (χ2n) is 6.46. The molecule has 1 aliphatic carbocycles. The average molecular weight is 323 g/mol. The van der Waals surface area contributed by atoms with Crippen LogP contribution in [0.4, 0.5) is 4.39 Å². The molecular formula is C18H26FNO3. The molecule has 23 heavy (non-hydrogen) atoms. The SMILES string of the molecule is CC1CCCCC1OCC(=O)NC(C)C(O)c1ccc(F)cc1. The summed E-state index contributed by atoms with van der Waals surface area (Å²) in [5, 5.41) is 12.9. The van der Waals surface area contributed by atoms with Gasteiger partial charge in [-0.05, 0) is 43.4 Å². The van der Waals surface area contributed by atoms with E-state index in [0.29, 0.717) is 11.5 Å². The Bertz CT molecular complexity index is 505. The van der Waals surface area contributed by atoms with Gasteiger partial charge in [0.2, 0.25) is 5.91 Å². The second-order valence-corrected chi connectivity index (χ2v) is 6.46. The summed E-state index contributed by atoms with van der Waals surface area (Å²) in [5.41, 5.74) is 0.570. The van der Waals surface area contributed by atoms with E-state index < -0.39 is 12.1 Å². The van der Waals surface area contributed by atoms with Crippen molar-refractivity contribution in [2.24, 2.45) is 5.92 Å². The lowest BCUT2D eigenvalue weighted by atomic mass is 9.88. The van der Waals surface area contributed by atoms with Gasteiger partial charge in [-0.1, -0.05) is 31.9 Å². The third-order valence-corrected chi connectivity index (χ3v) is 4.54. The Labute approximate surface area is 137 Å². The number of aliphatic hydroxyl groups is 1. The van der Waals surface area contributed by atoms with Crippen LogP contribution < -0.4 is 5.32 Å². The van der Waals surface area contributed by atoms with Gasteiger partial charge >= 0.3 is 0 Å². The molecule has 1 aromatic carbocycles. The Morgan fingerprint density at radius 1 is 1.35 bits per heavy atom. The van der Waals surface area contributed by atoms with Crippen LogP contribution in [0.15, 0.2) is 24.3 Å². The predicted octanol–water partition coefficient (Wildman–Crippen LogP) is 2.96. The highest BCUT2D eigenvalue weighted by Crippen LogP contribution is 2.26. The van der Waals surface area contributed by atoms with Crippen LogP contribution >= 0.6 is 0 Å². The van der Waals surface area contributed by atoms with Gasteiger partial charge in [0.05, 0.1) is 18.2 Å². The number of ether oxygens (including phenoxy) is 1. The first-order chi connectivity index (χ1) is 11.0. The summed E-state index contributed by atoms with van der Waals surface area (Å²) in [5.74, 6) is -0.108. The van der Waals surface area contributed by atoms with Crippen molar-refractivity contribution in [2.75, 3.05) is 6.61 Å². The number of aliphatic hydroxyl groups excluding tert-OH is 1. The van der Waals surface area contributed by atoms with E-state index in [2.05, 4.69) is 12.2 Å². The molecule has 0 spiro atoms. The van der Waals surface area contributed by atoms with Gasteiger partial charge in [0.25, 0.3) is 0 Å². The molecule has 1 fully saturated rings. The van der Waals surface area contributed by atoms with Crippen LogP contribution in [-0.4, -0.2) is 29.8 Å². The van der Waals surface area contributed by atoms with Gasteiger partial charge in [-0.2, -0.15) is 0 Å². The van der Waals surface area contributed by atoms with Crippen LogP contribution in [0.1, 0.15) is 51.2 Å². The van der Waals surface area contributed by atoms with Crippen LogP contribution in [0.2, 0.25) is 0 Å². The fraction of sp³-hybridized carbons (Fsp3) is 0.611. The molecule has 1 saturated carbocycles. The van der Waals surface area contributed by atoms with Crippen molar-refractivity contribution in [3.05, 3.63) is 35.6 Å². The van der Waals surface area contributed by atoms with E-state index in [9.17, 15) is 14.3 Å². The number of rotatable bonds is 6. The average Bonchev–Trinajstić information content (AvgIpc) is 2.54. The summed E-state index contributed by atoms with van der Waals surface area (Å²) < 4.78 is 18.6. The molecule has 2 N–H and O–H groups in total. The van der Waals surface area contributed by atoms with E-state index in [-0.39, 0.29) is 24.4 Å². The van der Waals surface area contributed by atoms with Crippen molar-refractivity contribution in [3.8, 4) is 0 Å². The number of nitrogens with one attached hydrogen (secondary N) is 1. The number of amides is 1. The standard InChI is InChI=1S/C18H26FNO3/c1-12-5-3-4-6-16(12)23-11-17(21)20-13(2)18(22)14-7-9-15(19)10-8-14/h7-10,12-13,16,18,22H,3-6,11H2,1-2H3,(H,20,21). The molecule has 5 heteroatoms. The third-order valence-electron chi connectivity index (χ3n) is 4.54. The van der Waals surface area contributed by atoms with Crippen LogP contribution in [0.25, 0.3) is 0 Å². The Hall–Kier alpha value is -1.46. The summed E-state index contributed by atoms with van der Waals surface area (Å²) in [7, 11) is 0. The van der Waals surface area contributed by atoms with E-state index in [1.807, 2.05) is 0 Å². The zero-order valence-electron chi connectivity index (χ0n) is 13.8. The van der Waals surface area contributed by atoms with Crippen molar-refractivity contribution >= 4 is 5.91 Å². The smallest absolute Gasteiger partial charge is 0.246 e. The van der Waals surface area contributed by atoms with Crippen LogP contribution in [0.5, 0.6) is 0 Å². The maximum Gasteiger partial charge on any atom is 0.246 e. The van der Waals surface area contributed by atoms with Gasteiger partial charge in [0, 0.05) is 0 Å². The molecule has 128 valence electrons. The fourth-order valence-electron chi connectivity index (χ4n) is 3.04. The topological polar surface area (TPSA) is 58.6 Å². The van der Waals surface area contributed by atoms with Gasteiger partial charge < -0.3 is 15.2 Å². The number of hydrogen-bond acceptors (Lipinski definition) is 3. The van der Waals surface area contributed by atoms with E-state index in [4.69, 9.17) is 4.74 Å². The molecule has 0 bridgehead atoms. The molecule has 1 aromatic rings. The Morgan fingerprint density at radius 3 is 2.65 bits per heavy atom. The highest BCUT2D eigenvalue weighted by atomic mass is 19.1. The molecular weight excluding hydrogens is 297 g/mol. The minimum absolute atomic E-state index is 0.00941. The normalized spacial score (nSPS) is 24.0. The molecule has 0 aliphatic heterocycles. The van der Waals surface area contributed by atoms with Crippen LogP contribution in [0, 0.1) is 11.7 Å². The number of hydrogen-bond donors (Lipinski definition) is 2. The lowest BCUT2D eigenvalue weighted by molar-refractivity contribution is -0.131. The summed E-state index contributed by atoms with van der Waals surface area (Å²) in [6.45, 7) is 3.88. The number of carbonyl (C=O) groups excluding carboxylic acids is 1. The number of benzene rings is 1. The van der Waals surface area contributed by atoms with Crippen LogP contribution in [0.3, 0.4) is 0 Å². The van der Waals surface area contributed by atoms with Crippen molar-refractivity contribution in [3.63, 3.8) is 0 Å². The van der Waals surface area contributed by atoms with Crippen LogP contribution in [-0.2, 0) is 9.53 Å². The molecule has 4 nitrogen and oxygen atoms in total. The minimum atomic E-state index is -0.881. The number of carbonyl (C=O) groups is 1. The van der Waals surface area contributed by atoms with E-state index in [1.54, 1.807) is 6.92 Å². The van der Waals surface area contributed by atoms with Gasteiger partial charge in [-0.3, -0.25) is 4.79 Å². The van der Waals surface area contributed by atoms with Crippen molar-refractivity contribution < 1.29 is 19.0 Å². The van der Waals surface area contributed by atoms with Gasteiger partial charge in [0.15, 0.2) is 0 Å². The maximum absolute atomic E-state index is 12.9. The molecule has 1 aliphatic rings. The third kappa shape index (κ3) is 5.29. The highest BCUT2D eigenvalue weighted by molar-refractivity contribution is 5.77. The highest BCUT2D eigenvalue weighted by Gasteiger charge is 2.24. The lowest BCUT2D eigenvalue weighted by Crippen LogP contribution is -2.40. The monoisotopic (exact) mass is 323 g/mol. The zero-order chi connectivity index (χ0) is 16.8. The molecule has 1 amide bonds. The van der Waals surface area contributed by atoms with Gasteiger partial charge in [0.1, 0.15) is 12.4 Å². The van der Waals surface area contributed by atoms with E-state index in [0.717, 1.165) is 19.3 Å². The number of halogens is 1. The Kier molecular flexibility index (Phi) is 6.54. The lowest BCUT2D eigenvalue weighted by Gasteiger charge is -2.29. The summed E-state index contributed by atoms with van der Waals surface area (Å²) >= 11 is 0. The second kappa shape index (κ2) is 8.41. The van der Waals surface area contributed by atoms with E-state index >= 15 is 0 Å². The summed E-state index contributed by atoms with van der Waals surface area (Å²) in [6, 6.07) is 5.15. The summed E-state index contributed by atoms with van der Waals surface area (Å²) in [4.78, 5) is 12.0. The first-order valence-corrected chi connectivity index (χ1v) is 8.32. The molecule has 4 atom stereocenters. The van der Waals surface area contributed by atoms with Crippen molar-refractivity contribution in [1.29, 1.82) is 0 Å². The van der Waals surface area contributed by atoms with Gasteiger partial charge in [-0.15, -0.1) is 0 Å². The minimum Gasteiger partial charge on any atom is -0.386 e. The molecule has 4 unspecified atom stereocenters. The zero-order valence-corrected chi connectivity index (χ0v) is 13.8. The molecule has 0 saturated heterocycles. The Balaban J connectivity index is 1.78. The molecule has 0 aromatic heterocycles. The van der Waals surface area contributed by atoms with Crippen molar-refractivity contribution in [2.45, 2.75) is 57.8 Å². The van der Waals surface area contributed by atoms with E-state index in [1.165, 1.54) is 30.7 Å². The maximum atomic E-state index is 12.9. The fourth-order valence-corrected chi connectivity index (χ4v) is 3.04. The van der Waals surface area contributed by atoms with Crippen molar-refractivity contribution in [1.82, 2.24) is 5.32 Å². The Morgan fingerprint density at radius 2 is 2.00 bits per heavy atom. The molecule has 0 heterocycles.